The molecule has 0 radical (unpaired) electrons. The zero-order valence-corrected chi connectivity index (χ0v) is 13.5. The van der Waals surface area contributed by atoms with Crippen LogP contribution in [0.2, 0.25) is 0 Å². The zero-order chi connectivity index (χ0) is 16.6. The lowest BCUT2D eigenvalue weighted by Gasteiger charge is -2.35. The molecular weight excluding hydrogens is 299 g/mol. The molecule has 1 aromatic carbocycles. The monoisotopic (exact) mass is 320 g/mol. The molecule has 1 heterocycles. The molecule has 3 amide bonds. The van der Waals surface area contributed by atoms with Crippen LogP contribution in [0.1, 0.15) is 37.7 Å². The lowest BCUT2D eigenvalue weighted by molar-refractivity contribution is -0.134. The average Bonchev–Trinajstić information content (AvgIpc) is 2.72. The van der Waals surface area contributed by atoms with Crippen LogP contribution < -0.4 is 4.74 Å². The predicted octanol–water partition coefficient (Wildman–Crippen LogP) is 2.93. The van der Waals surface area contributed by atoms with Gasteiger partial charge in [0.1, 0.15) is 17.1 Å². The maximum atomic E-state index is 13.5. The SMILES string of the molecule is COc1ccc(F)cc1CN1C(=O)N(C)C2(CCCCC2)C1=O. The van der Waals surface area contributed by atoms with E-state index in [9.17, 15) is 14.0 Å². The molecule has 124 valence electrons. The molecule has 0 N–H and O–H groups in total. The van der Waals surface area contributed by atoms with Crippen LogP contribution in [0.3, 0.4) is 0 Å². The van der Waals surface area contributed by atoms with Gasteiger partial charge in [-0.3, -0.25) is 9.69 Å². The van der Waals surface area contributed by atoms with Crippen molar-refractivity contribution in [3.8, 4) is 5.75 Å². The zero-order valence-electron chi connectivity index (χ0n) is 13.5. The van der Waals surface area contributed by atoms with Crippen LogP contribution in [0.15, 0.2) is 18.2 Å². The molecule has 1 aliphatic carbocycles. The van der Waals surface area contributed by atoms with E-state index < -0.39 is 11.4 Å². The first-order valence-corrected chi connectivity index (χ1v) is 7.92. The standard InChI is InChI=1S/C17H21FN2O3/c1-19-16(22)20(15(21)17(19)8-4-3-5-9-17)11-12-10-13(18)6-7-14(12)23-2/h6-7,10H,3-5,8-9,11H2,1-2H3. The molecule has 0 unspecified atom stereocenters. The van der Waals surface area contributed by atoms with Crippen molar-refractivity contribution in [3.63, 3.8) is 0 Å². The third-order valence-corrected chi connectivity index (χ3v) is 5.05. The Balaban J connectivity index is 1.90. The fourth-order valence-corrected chi connectivity index (χ4v) is 3.71. The van der Waals surface area contributed by atoms with Crippen LogP contribution in [0.4, 0.5) is 9.18 Å². The van der Waals surface area contributed by atoms with Crippen LogP contribution in [0.25, 0.3) is 0 Å². The highest BCUT2D eigenvalue weighted by atomic mass is 19.1. The van der Waals surface area contributed by atoms with Gasteiger partial charge in [0.2, 0.25) is 0 Å². The second kappa shape index (κ2) is 5.83. The largest absolute Gasteiger partial charge is 0.496 e. The van der Waals surface area contributed by atoms with Gasteiger partial charge < -0.3 is 9.64 Å². The highest BCUT2D eigenvalue weighted by Gasteiger charge is 2.55. The molecule has 1 saturated carbocycles. The van der Waals surface area contributed by atoms with E-state index in [4.69, 9.17) is 4.74 Å². The minimum absolute atomic E-state index is 0.0324. The Morgan fingerprint density at radius 2 is 1.91 bits per heavy atom. The summed E-state index contributed by atoms with van der Waals surface area (Å²) in [4.78, 5) is 28.3. The number of halogens is 1. The van der Waals surface area contributed by atoms with Gasteiger partial charge in [-0.15, -0.1) is 0 Å². The summed E-state index contributed by atoms with van der Waals surface area (Å²) in [7, 11) is 3.17. The van der Waals surface area contributed by atoms with Crippen molar-refractivity contribution in [2.75, 3.05) is 14.2 Å². The Labute approximate surface area is 135 Å². The highest BCUT2D eigenvalue weighted by molar-refractivity contribution is 6.06. The first kappa shape index (κ1) is 15.8. The van der Waals surface area contributed by atoms with Crippen molar-refractivity contribution in [1.29, 1.82) is 0 Å². The van der Waals surface area contributed by atoms with Crippen LogP contribution in [-0.4, -0.2) is 41.4 Å². The second-order valence-corrected chi connectivity index (χ2v) is 6.28. The number of likely N-dealkylation sites (N-methyl/N-ethyl adjacent to an activating group) is 1. The second-order valence-electron chi connectivity index (χ2n) is 6.28. The number of nitrogens with zero attached hydrogens (tertiary/aromatic N) is 2. The fourth-order valence-electron chi connectivity index (χ4n) is 3.71. The Hall–Kier alpha value is -2.11. The number of benzene rings is 1. The smallest absolute Gasteiger partial charge is 0.327 e. The Kier molecular flexibility index (Phi) is 4.00. The number of hydrogen-bond acceptors (Lipinski definition) is 3. The number of amides is 3. The highest BCUT2D eigenvalue weighted by Crippen LogP contribution is 2.40. The Morgan fingerprint density at radius 3 is 2.57 bits per heavy atom. The van der Waals surface area contributed by atoms with E-state index in [1.165, 1.54) is 30.2 Å². The number of carbonyl (C=O) groups is 2. The van der Waals surface area contributed by atoms with Gasteiger partial charge in [0.15, 0.2) is 0 Å². The molecule has 5 nitrogen and oxygen atoms in total. The number of carbonyl (C=O) groups excluding carboxylic acids is 2. The maximum Gasteiger partial charge on any atom is 0.327 e. The topological polar surface area (TPSA) is 49.9 Å². The van der Waals surface area contributed by atoms with Crippen molar-refractivity contribution >= 4 is 11.9 Å². The predicted molar refractivity (Wildman–Crippen MR) is 82.5 cm³/mol. The van der Waals surface area contributed by atoms with E-state index in [-0.39, 0.29) is 18.5 Å². The molecule has 1 saturated heterocycles. The molecule has 3 rings (SSSR count). The van der Waals surface area contributed by atoms with Crippen LogP contribution in [-0.2, 0) is 11.3 Å². The molecule has 2 aliphatic rings. The van der Waals surface area contributed by atoms with Gasteiger partial charge in [-0.05, 0) is 31.0 Å². The van der Waals surface area contributed by atoms with Gasteiger partial charge >= 0.3 is 6.03 Å². The van der Waals surface area contributed by atoms with Crippen LogP contribution >= 0.6 is 0 Å². The molecule has 2 fully saturated rings. The van der Waals surface area contributed by atoms with Gasteiger partial charge in [0.25, 0.3) is 5.91 Å². The molecule has 6 heteroatoms. The first-order valence-electron chi connectivity index (χ1n) is 7.92. The van der Waals surface area contributed by atoms with E-state index in [0.29, 0.717) is 24.2 Å². The maximum absolute atomic E-state index is 13.5. The number of imide groups is 1. The molecule has 1 aromatic rings. The van der Waals surface area contributed by atoms with E-state index in [1.807, 2.05) is 0 Å². The Morgan fingerprint density at radius 1 is 1.22 bits per heavy atom. The fraction of sp³-hybridized carbons (Fsp3) is 0.529. The number of methoxy groups -OCH3 is 1. The van der Waals surface area contributed by atoms with Crippen LogP contribution in [0, 0.1) is 5.82 Å². The van der Waals surface area contributed by atoms with Crippen molar-refractivity contribution in [2.45, 2.75) is 44.2 Å². The minimum atomic E-state index is -0.712. The summed E-state index contributed by atoms with van der Waals surface area (Å²) in [6.45, 7) is 0.0324. The van der Waals surface area contributed by atoms with E-state index >= 15 is 0 Å². The van der Waals surface area contributed by atoms with E-state index in [1.54, 1.807) is 11.9 Å². The number of ether oxygens (including phenoxy) is 1. The van der Waals surface area contributed by atoms with Gasteiger partial charge in [0.05, 0.1) is 13.7 Å². The van der Waals surface area contributed by atoms with E-state index in [0.717, 1.165) is 19.3 Å². The van der Waals surface area contributed by atoms with Crippen molar-refractivity contribution in [1.82, 2.24) is 9.80 Å². The lowest BCUT2D eigenvalue weighted by atomic mass is 9.80. The van der Waals surface area contributed by atoms with Crippen LogP contribution in [0.5, 0.6) is 5.75 Å². The van der Waals surface area contributed by atoms with E-state index in [2.05, 4.69) is 0 Å². The summed E-state index contributed by atoms with van der Waals surface area (Å²) >= 11 is 0. The molecule has 0 aromatic heterocycles. The lowest BCUT2D eigenvalue weighted by Crippen LogP contribution is -2.49. The molecular formula is C17H21FN2O3. The van der Waals surface area contributed by atoms with Crippen molar-refractivity contribution in [3.05, 3.63) is 29.6 Å². The molecule has 0 atom stereocenters. The Bertz CT molecular complexity index is 641. The first-order chi connectivity index (χ1) is 11.0. The van der Waals surface area contributed by atoms with Crippen molar-refractivity contribution < 1.29 is 18.7 Å². The normalized spacial score (nSPS) is 20.5. The van der Waals surface area contributed by atoms with Crippen molar-refractivity contribution in [2.24, 2.45) is 0 Å². The summed E-state index contributed by atoms with van der Waals surface area (Å²) in [5, 5.41) is 0. The molecule has 0 bridgehead atoms. The quantitative estimate of drug-likeness (QED) is 0.805. The van der Waals surface area contributed by atoms with Gasteiger partial charge in [-0.2, -0.15) is 0 Å². The van der Waals surface area contributed by atoms with Gasteiger partial charge in [-0.25, -0.2) is 9.18 Å². The van der Waals surface area contributed by atoms with Gasteiger partial charge in [-0.1, -0.05) is 19.3 Å². The molecule has 23 heavy (non-hydrogen) atoms. The third kappa shape index (κ3) is 2.46. The number of rotatable bonds is 3. The summed E-state index contributed by atoms with van der Waals surface area (Å²) in [6, 6.07) is 3.80. The third-order valence-electron chi connectivity index (χ3n) is 5.05. The number of urea groups is 1. The summed E-state index contributed by atoms with van der Waals surface area (Å²) in [6.07, 6.45) is 4.38. The summed E-state index contributed by atoms with van der Waals surface area (Å²) < 4.78 is 18.7. The number of hydrogen-bond donors (Lipinski definition) is 0. The summed E-state index contributed by atoms with van der Waals surface area (Å²) in [5.74, 6) is -0.115. The molecule has 1 spiro atoms. The average molecular weight is 320 g/mol. The van der Waals surface area contributed by atoms with Gasteiger partial charge in [0, 0.05) is 12.6 Å². The minimum Gasteiger partial charge on any atom is -0.496 e. The summed E-state index contributed by atoms with van der Waals surface area (Å²) in [5.41, 5.74) is -0.217. The molecule has 1 aliphatic heterocycles.